The van der Waals surface area contributed by atoms with Gasteiger partial charge in [0.25, 0.3) is 0 Å². The summed E-state index contributed by atoms with van der Waals surface area (Å²) in [5.41, 5.74) is 0.322. The Kier molecular flexibility index (Phi) is 6.14. The Morgan fingerprint density at radius 1 is 1.37 bits per heavy atom. The fourth-order valence-corrected chi connectivity index (χ4v) is 1.13. The summed E-state index contributed by atoms with van der Waals surface area (Å²) in [6.07, 6.45) is 4.51. The van der Waals surface area contributed by atoms with Crippen molar-refractivity contribution in [3.63, 3.8) is 0 Å². The van der Waals surface area contributed by atoms with Crippen LogP contribution in [0.4, 0.5) is 4.79 Å². The highest BCUT2D eigenvalue weighted by Crippen LogP contribution is 1.91. The van der Waals surface area contributed by atoms with Crippen molar-refractivity contribution in [2.75, 3.05) is 19.8 Å². The number of amides is 1. The van der Waals surface area contributed by atoms with Gasteiger partial charge in [-0.15, -0.1) is 0 Å². The molecule has 1 amide bonds. The van der Waals surface area contributed by atoms with E-state index in [1.807, 2.05) is 0 Å². The predicted octanol–water partition coefficient (Wildman–Crippen LogP) is 0.729. The van der Waals surface area contributed by atoms with Crippen molar-refractivity contribution in [2.45, 2.75) is 13.5 Å². The van der Waals surface area contributed by atoms with Crippen molar-refractivity contribution in [1.82, 2.24) is 14.9 Å². The molecule has 0 saturated carbocycles. The van der Waals surface area contributed by atoms with Crippen LogP contribution < -0.4 is 5.32 Å². The molecular formula is C12H17N3O4. The Bertz CT molecular complexity index is 428. The summed E-state index contributed by atoms with van der Waals surface area (Å²) in [5.74, 6) is -0.477. The summed E-state index contributed by atoms with van der Waals surface area (Å²) >= 11 is 0. The van der Waals surface area contributed by atoms with Crippen LogP contribution in [0.25, 0.3) is 0 Å². The van der Waals surface area contributed by atoms with Gasteiger partial charge in [-0.05, 0) is 6.92 Å². The van der Waals surface area contributed by atoms with Gasteiger partial charge in [0, 0.05) is 18.0 Å². The van der Waals surface area contributed by atoms with E-state index in [4.69, 9.17) is 9.47 Å². The first-order chi connectivity index (χ1) is 9.09. The molecule has 7 heteroatoms. The standard InChI is InChI=1S/C12H17N3O4/c1-10(2)11(16)18-7-4-14-12(17)19-8-6-15-5-3-13-9-15/h3,5,9H,1,4,6-8H2,2H3,(H,14,17). The van der Waals surface area contributed by atoms with E-state index in [2.05, 4.69) is 16.9 Å². The Morgan fingerprint density at radius 3 is 2.79 bits per heavy atom. The summed E-state index contributed by atoms with van der Waals surface area (Å²) in [6, 6.07) is 0. The van der Waals surface area contributed by atoms with Crippen molar-refractivity contribution in [3.05, 3.63) is 30.9 Å². The average molecular weight is 267 g/mol. The molecule has 1 rings (SSSR count). The van der Waals surface area contributed by atoms with E-state index < -0.39 is 12.1 Å². The van der Waals surface area contributed by atoms with Gasteiger partial charge < -0.3 is 19.4 Å². The van der Waals surface area contributed by atoms with Gasteiger partial charge in [-0.2, -0.15) is 0 Å². The van der Waals surface area contributed by atoms with E-state index >= 15 is 0 Å². The normalized spacial score (nSPS) is 9.74. The van der Waals surface area contributed by atoms with Gasteiger partial charge >= 0.3 is 12.1 Å². The number of nitrogens with one attached hydrogen (secondary N) is 1. The summed E-state index contributed by atoms with van der Waals surface area (Å²) < 4.78 is 11.5. The molecular weight excluding hydrogens is 250 g/mol. The molecule has 1 aromatic heterocycles. The lowest BCUT2D eigenvalue weighted by Gasteiger charge is -2.08. The zero-order valence-electron chi connectivity index (χ0n) is 10.8. The van der Waals surface area contributed by atoms with E-state index in [9.17, 15) is 9.59 Å². The molecule has 0 aromatic carbocycles. The lowest BCUT2D eigenvalue weighted by molar-refractivity contribution is -0.138. The number of aromatic nitrogens is 2. The Hall–Kier alpha value is -2.31. The predicted molar refractivity (Wildman–Crippen MR) is 67.4 cm³/mol. The number of alkyl carbamates (subject to hydrolysis) is 1. The first-order valence-corrected chi connectivity index (χ1v) is 5.78. The first kappa shape index (κ1) is 14.7. The third-order valence-electron chi connectivity index (χ3n) is 2.09. The maximum absolute atomic E-state index is 11.2. The van der Waals surface area contributed by atoms with Gasteiger partial charge in [-0.3, -0.25) is 0 Å². The molecule has 0 radical (unpaired) electrons. The second-order valence-corrected chi connectivity index (χ2v) is 3.78. The lowest BCUT2D eigenvalue weighted by atomic mass is 10.4. The number of carbonyl (C=O) groups is 2. The molecule has 1 aromatic rings. The maximum Gasteiger partial charge on any atom is 0.407 e. The van der Waals surface area contributed by atoms with E-state index in [0.717, 1.165) is 0 Å². The highest BCUT2D eigenvalue weighted by molar-refractivity contribution is 5.86. The highest BCUT2D eigenvalue weighted by Gasteiger charge is 2.04. The van der Waals surface area contributed by atoms with Crippen LogP contribution in [-0.4, -0.2) is 41.4 Å². The minimum Gasteiger partial charge on any atom is -0.460 e. The van der Waals surface area contributed by atoms with Crippen LogP contribution >= 0.6 is 0 Å². The molecule has 0 aliphatic heterocycles. The number of hydrogen-bond acceptors (Lipinski definition) is 5. The van der Waals surface area contributed by atoms with Gasteiger partial charge in [0.05, 0.1) is 19.4 Å². The smallest absolute Gasteiger partial charge is 0.407 e. The monoisotopic (exact) mass is 267 g/mol. The fraction of sp³-hybridized carbons (Fsp3) is 0.417. The largest absolute Gasteiger partial charge is 0.460 e. The minimum atomic E-state index is -0.550. The molecule has 1 N–H and O–H groups in total. The van der Waals surface area contributed by atoms with Crippen molar-refractivity contribution < 1.29 is 19.1 Å². The van der Waals surface area contributed by atoms with Gasteiger partial charge in [0.15, 0.2) is 0 Å². The zero-order valence-corrected chi connectivity index (χ0v) is 10.8. The number of imidazole rings is 1. The third-order valence-corrected chi connectivity index (χ3v) is 2.09. The van der Waals surface area contributed by atoms with E-state index in [1.54, 1.807) is 30.2 Å². The molecule has 0 atom stereocenters. The number of nitrogens with zero attached hydrogens (tertiary/aromatic N) is 2. The Balaban J connectivity index is 2.02. The molecule has 1 heterocycles. The number of carbonyl (C=O) groups excluding carboxylic acids is 2. The second kappa shape index (κ2) is 7.91. The molecule has 7 nitrogen and oxygen atoms in total. The molecule has 19 heavy (non-hydrogen) atoms. The number of ether oxygens (including phenoxy) is 2. The van der Waals surface area contributed by atoms with Crippen LogP contribution in [0.3, 0.4) is 0 Å². The number of rotatable bonds is 7. The zero-order chi connectivity index (χ0) is 14.1. The summed E-state index contributed by atoms with van der Waals surface area (Å²) in [5, 5.41) is 2.46. The van der Waals surface area contributed by atoms with Crippen LogP contribution in [0.1, 0.15) is 6.92 Å². The average Bonchev–Trinajstić information content (AvgIpc) is 2.87. The molecule has 0 bridgehead atoms. The number of esters is 1. The molecule has 0 fully saturated rings. The Morgan fingerprint density at radius 2 is 2.16 bits per heavy atom. The van der Waals surface area contributed by atoms with Crippen LogP contribution in [0, 0.1) is 0 Å². The van der Waals surface area contributed by atoms with Gasteiger partial charge in [0.2, 0.25) is 0 Å². The minimum absolute atomic E-state index is 0.0856. The van der Waals surface area contributed by atoms with Crippen LogP contribution in [-0.2, 0) is 20.8 Å². The van der Waals surface area contributed by atoms with Crippen molar-refractivity contribution in [1.29, 1.82) is 0 Å². The fourth-order valence-electron chi connectivity index (χ4n) is 1.13. The van der Waals surface area contributed by atoms with Crippen molar-refractivity contribution >= 4 is 12.1 Å². The molecule has 0 aliphatic carbocycles. The van der Waals surface area contributed by atoms with Crippen molar-refractivity contribution in [3.8, 4) is 0 Å². The quantitative estimate of drug-likeness (QED) is 0.447. The lowest BCUT2D eigenvalue weighted by Crippen LogP contribution is -2.29. The molecule has 0 saturated heterocycles. The second-order valence-electron chi connectivity index (χ2n) is 3.78. The van der Waals surface area contributed by atoms with E-state index in [-0.39, 0.29) is 19.8 Å². The van der Waals surface area contributed by atoms with E-state index in [0.29, 0.717) is 12.1 Å². The van der Waals surface area contributed by atoms with Gasteiger partial charge in [0.1, 0.15) is 13.2 Å². The summed E-state index contributed by atoms with van der Waals surface area (Å²) in [7, 11) is 0. The van der Waals surface area contributed by atoms with Crippen LogP contribution in [0.5, 0.6) is 0 Å². The Labute approximate surface area is 111 Å². The highest BCUT2D eigenvalue weighted by atomic mass is 16.6. The molecule has 0 spiro atoms. The van der Waals surface area contributed by atoms with E-state index in [1.165, 1.54) is 0 Å². The summed E-state index contributed by atoms with van der Waals surface area (Å²) in [6.45, 7) is 6.06. The molecule has 0 unspecified atom stereocenters. The van der Waals surface area contributed by atoms with Gasteiger partial charge in [-0.25, -0.2) is 14.6 Å². The summed E-state index contributed by atoms with van der Waals surface area (Å²) in [4.78, 5) is 26.1. The molecule has 104 valence electrons. The topological polar surface area (TPSA) is 82.5 Å². The molecule has 0 aliphatic rings. The SMILES string of the molecule is C=C(C)C(=O)OCCNC(=O)OCCn1ccnc1. The third kappa shape index (κ3) is 6.25. The van der Waals surface area contributed by atoms with Crippen molar-refractivity contribution in [2.24, 2.45) is 0 Å². The van der Waals surface area contributed by atoms with Crippen LogP contribution in [0.15, 0.2) is 30.9 Å². The first-order valence-electron chi connectivity index (χ1n) is 5.78. The number of hydrogen-bond donors (Lipinski definition) is 1. The maximum atomic E-state index is 11.2. The van der Waals surface area contributed by atoms with Crippen LogP contribution in [0.2, 0.25) is 0 Å². The van der Waals surface area contributed by atoms with Gasteiger partial charge in [-0.1, -0.05) is 6.58 Å².